The van der Waals surface area contributed by atoms with Crippen LogP contribution in [-0.2, 0) is 0 Å². The molecule has 0 fully saturated rings. The van der Waals surface area contributed by atoms with E-state index in [2.05, 4.69) is 48.6 Å². The maximum atomic E-state index is 14.8. The van der Waals surface area contributed by atoms with Gasteiger partial charge in [0.1, 0.15) is 0 Å². The number of nitrogens with zero attached hydrogens (tertiary/aromatic N) is 6. The first-order chi connectivity index (χ1) is 34.3. The summed E-state index contributed by atoms with van der Waals surface area (Å²) in [5.41, 5.74) is 9.65. The highest BCUT2D eigenvalue weighted by molar-refractivity contribution is 6.12. The predicted octanol–water partition coefficient (Wildman–Crippen LogP) is 11.8. The van der Waals surface area contributed by atoms with Crippen molar-refractivity contribution in [2.45, 2.75) is 12.8 Å². The van der Waals surface area contributed by atoms with Gasteiger partial charge >= 0.3 is 0 Å². The summed E-state index contributed by atoms with van der Waals surface area (Å²) in [7, 11) is 0. The summed E-state index contributed by atoms with van der Waals surface area (Å²) < 4.78 is 0. The quantitative estimate of drug-likeness (QED) is 0.0966. The molecule has 0 aliphatic heterocycles. The first-order valence-electron chi connectivity index (χ1n) is 22.6. The maximum Gasteiger partial charge on any atom is 0.267 e. The molecule has 70 heavy (non-hydrogen) atoms. The average Bonchev–Trinajstić information content (AvgIpc) is 3.45. The molecule has 0 unspecified atom stereocenters. The van der Waals surface area contributed by atoms with Gasteiger partial charge in [-0.25, -0.2) is 29.9 Å². The minimum absolute atomic E-state index is 0.0101. The van der Waals surface area contributed by atoms with E-state index in [1.54, 1.807) is 60.7 Å². The third kappa shape index (κ3) is 9.51. The van der Waals surface area contributed by atoms with Crippen LogP contribution in [0.4, 0.5) is 0 Å². The minimum Gasteiger partial charge on any atom is -0.285 e. The van der Waals surface area contributed by atoms with E-state index in [4.69, 9.17) is 0 Å². The van der Waals surface area contributed by atoms with Gasteiger partial charge in [-0.05, 0) is 62.9 Å². The molecule has 1 aliphatic carbocycles. The van der Waals surface area contributed by atoms with Crippen LogP contribution in [0.15, 0.2) is 218 Å². The van der Waals surface area contributed by atoms with E-state index in [1.807, 2.05) is 133 Å². The van der Waals surface area contributed by atoms with Gasteiger partial charge in [-0.3, -0.25) is 19.2 Å². The highest BCUT2D eigenvalue weighted by Crippen LogP contribution is 2.33. The Bertz CT molecular complexity index is 3410. The number of hydrogen-bond donors (Lipinski definition) is 0. The number of carbonyl (C=O) groups excluding carboxylic acids is 4. The van der Waals surface area contributed by atoms with Crippen LogP contribution in [0.2, 0.25) is 0 Å². The Kier molecular flexibility index (Phi) is 12.5. The molecule has 0 radical (unpaired) electrons. The number of aromatic nitrogens is 6. The van der Waals surface area contributed by atoms with Crippen LogP contribution >= 0.6 is 0 Å². The van der Waals surface area contributed by atoms with Gasteiger partial charge in [0.2, 0.25) is 46.5 Å². The summed E-state index contributed by atoms with van der Waals surface area (Å²) in [6.07, 6.45) is 5.23. The van der Waals surface area contributed by atoms with E-state index in [9.17, 15) is 19.2 Å². The molecular formula is C60H40N6O4. The van der Waals surface area contributed by atoms with Crippen molar-refractivity contribution >= 4 is 34.3 Å². The Labute approximate surface area is 403 Å². The summed E-state index contributed by atoms with van der Waals surface area (Å²) >= 11 is 0. The van der Waals surface area contributed by atoms with E-state index < -0.39 is 46.4 Å². The second-order valence-corrected chi connectivity index (χ2v) is 16.5. The zero-order valence-electron chi connectivity index (χ0n) is 37.6. The number of allylic oxidation sites excluding steroid dienone is 5. The number of carbonyl (C=O) groups is 4. The normalized spacial score (nSPS) is 12.1. The standard InChI is InChI=1S/C60H40N6O4/c1-38(39-22-24-44(25-23-39)40-14-6-2-7-15-40)55-61-56(51(67)48-32-26-45(27-33-48)41-16-8-3-9-17-41)64-59(62-55)54(70)60-65-57(52(68)49-34-28-46(29-35-49)42-18-10-4-11-19-42)63-58(66-60)53(69)50-36-30-47(31-37-50)43-20-12-5-13-21-43/h2-22,24,26-37H,1,23,25H2. The molecular weight excluding hydrogens is 869 g/mol. The monoisotopic (exact) mass is 908 g/mol. The van der Waals surface area contributed by atoms with Crippen LogP contribution in [0, 0.1) is 0 Å². The van der Waals surface area contributed by atoms with Crippen molar-refractivity contribution in [2.75, 3.05) is 0 Å². The maximum absolute atomic E-state index is 14.8. The molecule has 0 amide bonds. The summed E-state index contributed by atoms with van der Waals surface area (Å²) in [6.45, 7) is 4.33. The van der Waals surface area contributed by atoms with Gasteiger partial charge in [-0.2, -0.15) is 0 Å². The van der Waals surface area contributed by atoms with E-state index in [0.29, 0.717) is 18.4 Å². The van der Waals surface area contributed by atoms with Gasteiger partial charge in [-0.1, -0.05) is 213 Å². The van der Waals surface area contributed by atoms with Gasteiger partial charge < -0.3 is 0 Å². The van der Waals surface area contributed by atoms with E-state index in [1.165, 1.54) is 0 Å². The molecule has 0 spiro atoms. The average molecular weight is 909 g/mol. The van der Waals surface area contributed by atoms with Crippen LogP contribution in [0.25, 0.3) is 44.5 Å². The summed E-state index contributed by atoms with van der Waals surface area (Å²) in [6, 6.07) is 59.8. The first kappa shape index (κ1) is 44.3. The van der Waals surface area contributed by atoms with Gasteiger partial charge in [0.25, 0.3) is 5.78 Å². The molecule has 9 aromatic rings. The Morgan fingerprint density at radius 3 is 0.900 bits per heavy atom. The zero-order chi connectivity index (χ0) is 48.0. The first-order valence-corrected chi connectivity index (χ1v) is 22.6. The lowest BCUT2D eigenvalue weighted by Crippen LogP contribution is -2.22. The third-order valence-corrected chi connectivity index (χ3v) is 12.0. The van der Waals surface area contributed by atoms with Crippen molar-refractivity contribution in [1.29, 1.82) is 0 Å². The molecule has 0 bridgehead atoms. The van der Waals surface area contributed by atoms with E-state index >= 15 is 0 Å². The third-order valence-electron chi connectivity index (χ3n) is 12.0. The molecule has 1 aliphatic rings. The fourth-order valence-electron chi connectivity index (χ4n) is 8.14. The van der Waals surface area contributed by atoms with Gasteiger partial charge in [0.05, 0.1) is 0 Å². The lowest BCUT2D eigenvalue weighted by molar-refractivity contribution is 0.101. The lowest BCUT2D eigenvalue weighted by Gasteiger charge is -2.17. The molecule has 10 heteroatoms. The smallest absolute Gasteiger partial charge is 0.267 e. The van der Waals surface area contributed by atoms with Gasteiger partial charge in [-0.15, -0.1) is 0 Å². The number of ketones is 4. The minimum atomic E-state index is -0.974. The van der Waals surface area contributed by atoms with Crippen molar-refractivity contribution in [2.24, 2.45) is 0 Å². The molecule has 0 saturated heterocycles. The van der Waals surface area contributed by atoms with Crippen LogP contribution in [0.3, 0.4) is 0 Å². The van der Waals surface area contributed by atoms with Crippen molar-refractivity contribution in [1.82, 2.24) is 29.9 Å². The fourth-order valence-corrected chi connectivity index (χ4v) is 8.14. The van der Waals surface area contributed by atoms with Crippen LogP contribution in [0.5, 0.6) is 0 Å². The highest BCUT2D eigenvalue weighted by Gasteiger charge is 2.28. The molecule has 7 aromatic carbocycles. The van der Waals surface area contributed by atoms with Crippen LogP contribution in [0.1, 0.15) is 89.2 Å². The number of hydrogen-bond acceptors (Lipinski definition) is 10. The molecule has 2 heterocycles. The lowest BCUT2D eigenvalue weighted by atomic mass is 9.90. The van der Waals surface area contributed by atoms with Gasteiger partial charge in [0.15, 0.2) is 5.82 Å². The molecule has 10 rings (SSSR count). The molecule has 10 nitrogen and oxygen atoms in total. The fraction of sp³-hybridized carbons (Fsp3) is 0.0333. The molecule has 0 saturated carbocycles. The van der Waals surface area contributed by atoms with Gasteiger partial charge in [0, 0.05) is 22.3 Å². The second kappa shape index (κ2) is 19.7. The van der Waals surface area contributed by atoms with Crippen molar-refractivity contribution < 1.29 is 19.2 Å². The Morgan fingerprint density at radius 2 is 0.586 bits per heavy atom. The summed E-state index contributed by atoms with van der Waals surface area (Å²) in [5.74, 6) is -5.16. The topological polar surface area (TPSA) is 146 Å². The second-order valence-electron chi connectivity index (χ2n) is 16.5. The molecule has 0 atom stereocenters. The Hall–Kier alpha value is -9.54. The number of benzene rings is 7. The number of rotatable bonds is 14. The Morgan fingerprint density at radius 1 is 0.300 bits per heavy atom. The summed E-state index contributed by atoms with van der Waals surface area (Å²) in [4.78, 5) is 84.4. The van der Waals surface area contributed by atoms with Crippen LogP contribution in [-0.4, -0.2) is 53.0 Å². The zero-order valence-corrected chi connectivity index (χ0v) is 37.6. The van der Waals surface area contributed by atoms with Crippen molar-refractivity contribution in [3.63, 3.8) is 0 Å². The van der Waals surface area contributed by atoms with E-state index in [-0.39, 0.29) is 28.3 Å². The molecule has 334 valence electrons. The van der Waals surface area contributed by atoms with Crippen molar-refractivity contribution in [3.05, 3.63) is 276 Å². The predicted molar refractivity (Wildman–Crippen MR) is 270 cm³/mol. The Balaban J connectivity index is 1.05. The van der Waals surface area contributed by atoms with Crippen molar-refractivity contribution in [3.8, 4) is 33.4 Å². The SMILES string of the molecule is C=C(C1=CC=C(c2ccccc2)CC1)c1nc(C(=O)c2ccc(-c3ccccc3)cc2)nc(C(=O)c2nc(C(=O)c3ccc(-c4ccccc4)cc3)nc(C(=O)c3ccc(-c4ccccc4)cc3)n2)n1. The highest BCUT2D eigenvalue weighted by atomic mass is 16.1. The van der Waals surface area contributed by atoms with E-state index in [0.717, 1.165) is 50.1 Å². The molecule has 0 N–H and O–H groups in total. The largest absolute Gasteiger partial charge is 0.285 e. The molecule has 2 aromatic heterocycles. The van der Waals surface area contributed by atoms with Crippen LogP contribution < -0.4 is 0 Å². The summed E-state index contributed by atoms with van der Waals surface area (Å²) in [5, 5.41) is 0.